The summed E-state index contributed by atoms with van der Waals surface area (Å²) >= 11 is 6.40. The van der Waals surface area contributed by atoms with Gasteiger partial charge in [-0.2, -0.15) is 0 Å². The van der Waals surface area contributed by atoms with Crippen molar-refractivity contribution in [1.82, 2.24) is 4.90 Å². The molecule has 0 N–H and O–H groups in total. The van der Waals surface area contributed by atoms with Crippen molar-refractivity contribution in [3.8, 4) is 5.75 Å². The van der Waals surface area contributed by atoms with E-state index in [0.717, 1.165) is 28.9 Å². The van der Waals surface area contributed by atoms with Crippen LogP contribution in [0, 0.1) is 0 Å². The molecule has 0 radical (unpaired) electrons. The highest BCUT2D eigenvalue weighted by atomic mass is 127. The molecule has 0 aliphatic rings. The highest BCUT2D eigenvalue weighted by molar-refractivity contribution is 6.32. The second-order valence-corrected chi connectivity index (χ2v) is 10.4. The van der Waals surface area contributed by atoms with Gasteiger partial charge in [0.25, 0.3) is 0 Å². The van der Waals surface area contributed by atoms with E-state index in [4.69, 9.17) is 21.1 Å². The monoisotopic (exact) mass is 672 g/mol. The Hall–Kier alpha value is -1.87. The van der Waals surface area contributed by atoms with Gasteiger partial charge < -0.3 is 33.5 Å². The van der Waals surface area contributed by atoms with Gasteiger partial charge in [-0.05, 0) is 30.2 Å². The maximum Gasteiger partial charge on any atom is 0.417 e. The molecule has 8 heteroatoms. The number of halogens is 2. The first-order chi connectivity index (χ1) is 18.4. The lowest BCUT2D eigenvalue weighted by atomic mass is 10.1. The lowest BCUT2D eigenvalue weighted by molar-refractivity contribution is -0.672. The number of imide groups is 1. The molecule has 0 aliphatic heterocycles. The third kappa shape index (κ3) is 14.9. The summed E-state index contributed by atoms with van der Waals surface area (Å²) < 4.78 is 13.1. The number of carbonyl (C=O) groups is 2. The molecular formula is C31H46ClIN2O4. The van der Waals surface area contributed by atoms with Crippen LogP contribution in [0.2, 0.25) is 5.02 Å². The fraction of sp³-hybridized carbons (Fsp3) is 0.581. The fourth-order valence-electron chi connectivity index (χ4n) is 4.33. The number of pyridine rings is 1. The molecule has 0 fully saturated rings. The Morgan fingerprint density at radius 2 is 1.51 bits per heavy atom. The molecule has 0 saturated heterocycles. The maximum absolute atomic E-state index is 12.6. The lowest BCUT2D eigenvalue weighted by Gasteiger charge is -2.18. The van der Waals surface area contributed by atoms with E-state index in [1.54, 1.807) is 12.1 Å². The summed E-state index contributed by atoms with van der Waals surface area (Å²) in [4.78, 5) is 25.7. The zero-order valence-electron chi connectivity index (χ0n) is 23.9. The van der Waals surface area contributed by atoms with Crippen molar-refractivity contribution in [2.24, 2.45) is 7.05 Å². The van der Waals surface area contributed by atoms with E-state index in [1.165, 1.54) is 71.1 Å². The number of ether oxygens (including phenoxy) is 2. The zero-order chi connectivity index (χ0) is 27.6. The second-order valence-electron chi connectivity index (χ2n) is 10.0. The first kappa shape index (κ1) is 35.2. The van der Waals surface area contributed by atoms with Gasteiger partial charge >= 0.3 is 6.09 Å². The summed E-state index contributed by atoms with van der Waals surface area (Å²) in [5.74, 6) is 0.258. The number of hydrogen-bond acceptors (Lipinski definition) is 4. The van der Waals surface area contributed by atoms with Crippen LogP contribution >= 0.6 is 11.6 Å². The van der Waals surface area contributed by atoms with E-state index in [-0.39, 0.29) is 43.0 Å². The number of rotatable bonds is 18. The number of amides is 2. The van der Waals surface area contributed by atoms with E-state index in [1.807, 2.05) is 42.2 Å². The van der Waals surface area contributed by atoms with Gasteiger partial charge in [-0.15, -0.1) is 0 Å². The van der Waals surface area contributed by atoms with Crippen LogP contribution in [0.25, 0.3) is 0 Å². The first-order valence-corrected chi connectivity index (χ1v) is 14.6. The van der Waals surface area contributed by atoms with Crippen LogP contribution in [0.15, 0.2) is 42.7 Å². The number of unbranched alkanes of at least 4 members (excludes halogenated alkanes) is 11. The average Bonchev–Trinajstić information content (AvgIpc) is 2.89. The SMILES string of the molecule is CCCCCCCCCCCCCCOc1ccc(COC(=O)N(Cc2ccc[n+](C)c2)C(C)=O)cc1Cl.[I-]. The Bertz CT molecular complexity index is 989. The highest BCUT2D eigenvalue weighted by Gasteiger charge is 2.21. The third-order valence-corrected chi connectivity index (χ3v) is 6.85. The standard InChI is InChI=1S/C31H46ClN2O4.HI/c1-4-5-6-7-8-9-10-11-12-13-14-15-21-37-30-19-18-27(22-29(30)32)25-38-31(36)34(26(2)35)24-28-17-16-20-33(3)23-28;/h16-20,22-23H,4-15,21,24-25H2,1-3H3;1H/q+1;/p-1. The molecule has 0 saturated carbocycles. The molecule has 0 spiro atoms. The number of hydrogen-bond donors (Lipinski definition) is 0. The van der Waals surface area contributed by atoms with E-state index in [2.05, 4.69) is 6.92 Å². The minimum Gasteiger partial charge on any atom is -1.00 e. The molecule has 0 bridgehead atoms. The minimum absolute atomic E-state index is 0. The van der Waals surface area contributed by atoms with E-state index in [9.17, 15) is 9.59 Å². The van der Waals surface area contributed by atoms with Crippen molar-refractivity contribution in [3.63, 3.8) is 0 Å². The minimum atomic E-state index is -0.688. The molecule has 1 heterocycles. The second kappa shape index (κ2) is 21.0. The van der Waals surface area contributed by atoms with Crippen molar-refractivity contribution in [1.29, 1.82) is 0 Å². The summed E-state index contributed by atoms with van der Waals surface area (Å²) in [7, 11) is 1.88. The number of carbonyl (C=O) groups excluding carboxylic acids is 2. The molecule has 1 aromatic carbocycles. The largest absolute Gasteiger partial charge is 1.00 e. The molecule has 2 rings (SSSR count). The van der Waals surface area contributed by atoms with Gasteiger partial charge in [0, 0.05) is 18.6 Å². The summed E-state index contributed by atoms with van der Waals surface area (Å²) in [6, 6.07) is 9.09. The molecular weight excluding hydrogens is 627 g/mol. The lowest BCUT2D eigenvalue weighted by Crippen LogP contribution is -3.00. The van der Waals surface area contributed by atoms with E-state index >= 15 is 0 Å². The zero-order valence-corrected chi connectivity index (χ0v) is 26.8. The summed E-state index contributed by atoms with van der Waals surface area (Å²) in [5.41, 5.74) is 1.57. The predicted octanol–water partition coefficient (Wildman–Crippen LogP) is 4.93. The van der Waals surface area contributed by atoms with Crippen molar-refractivity contribution in [3.05, 3.63) is 58.9 Å². The van der Waals surface area contributed by atoms with Gasteiger partial charge in [-0.3, -0.25) is 4.79 Å². The quantitative estimate of drug-likeness (QED) is 0.128. The molecule has 39 heavy (non-hydrogen) atoms. The topological polar surface area (TPSA) is 59.7 Å². The van der Waals surface area contributed by atoms with Gasteiger partial charge in [0.1, 0.15) is 19.4 Å². The molecule has 0 aliphatic carbocycles. The van der Waals surface area contributed by atoms with Crippen LogP contribution in [-0.4, -0.2) is 23.5 Å². The summed E-state index contributed by atoms with van der Waals surface area (Å²) in [6.07, 6.45) is 18.7. The highest BCUT2D eigenvalue weighted by Crippen LogP contribution is 2.26. The van der Waals surface area contributed by atoms with Crippen LogP contribution in [-0.2, 0) is 29.7 Å². The van der Waals surface area contributed by atoms with Gasteiger partial charge in [0.2, 0.25) is 5.91 Å². The molecule has 6 nitrogen and oxygen atoms in total. The van der Waals surface area contributed by atoms with Crippen molar-refractivity contribution in [2.75, 3.05) is 6.61 Å². The predicted molar refractivity (Wildman–Crippen MR) is 152 cm³/mol. The first-order valence-electron chi connectivity index (χ1n) is 14.2. The average molecular weight is 673 g/mol. The Balaban J connectivity index is 0.00000760. The van der Waals surface area contributed by atoms with Crippen LogP contribution in [0.3, 0.4) is 0 Å². The smallest absolute Gasteiger partial charge is 0.417 e. The summed E-state index contributed by atoms with van der Waals surface area (Å²) in [6.45, 7) is 4.41. The molecule has 218 valence electrons. The molecule has 2 amide bonds. The number of benzene rings is 1. The van der Waals surface area contributed by atoms with Crippen molar-refractivity contribution < 1.29 is 47.6 Å². The number of aryl methyl sites for hydroxylation is 1. The van der Waals surface area contributed by atoms with Gasteiger partial charge in [0.05, 0.1) is 18.2 Å². The normalized spacial score (nSPS) is 10.6. The van der Waals surface area contributed by atoms with E-state index in [0.29, 0.717) is 17.4 Å². The molecule has 0 unspecified atom stereocenters. The fourth-order valence-corrected chi connectivity index (χ4v) is 4.59. The molecule has 0 atom stereocenters. The Kier molecular flexibility index (Phi) is 18.9. The van der Waals surface area contributed by atoms with Crippen molar-refractivity contribution >= 4 is 23.6 Å². The Morgan fingerprint density at radius 1 is 0.897 bits per heavy atom. The van der Waals surface area contributed by atoms with Crippen molar-refractivity contribution in [2.45, 2.75) is 104 Å². The van der Waals surface area contributed by atoms with Gasteiger partial charge in [-0.25, -0.2) is 14.3 Å². The third-order valence-electron chi connectivity index (χ3n) is 6.56. The number of nitrogens with zero attached hydrogens (tertiary/aromatic N) is 2. The Morgan fingerprint density at radius 3 is 2.08 bits per heavy atom. The number of aromatic nitrogens is 1. The van der Waals surface area contributed by atoms with Crippen LogP contribution in [0.4, 0.5) is 4.79 Å². The Labute approximate surface area is 257 Å². The van der Waals surface area contributed by atoms with Crippen LogP contribution < -0.4 is 33.3 Å². The maximum atomic E-state index is 12.6. The van der Waals surface area contributed by atoms with Gasteiger partial charge in [0.15, 0.2) is 12.4 Å². The van der Waals surface area contributed by atoms with Gasteiger partial charge in [-0.1, -0.05) is 95.2 Å². The summed E-state index contributed by atoms with van der Waals surface area (Å²) in [5, 5.41) is 0.484. The van der Waals surface area contributed by atoms with Crippen LogP contribution in [0.5, 0.6) is 5.75 Å². The van der Waals surface area contributed by atoms with Crippen LogP contribution in [0.1, 0.15) is 102 Å². The molecule has 1 aromatic heterocycles. The van der Waals surface area contributed by atoms with E-state index < -0.39 is 6.09 Å². The molecule has 2 aromatic rings.